The number of nitrogens with zero attached hydrogens (tertiary/aromatic N) is 4. The SMILES string of the molecule is FC(F)(F)c1csc(-c2nc(Oc3ccccc3)c3cccn3n2)n1. The van der Waals surface area contributed by atoms with Gasteiger partial charge in [0.05, 0.1) is 0 Å². The molecule has 0 N–H and O–H groups in total. The van der Waals surface area contributed by atoms with Crippen molar-refractivity contribution in [2.24, 2.45) is 0 Å². The van der Waals surface area contributed by atoms with Crippen molar-refractivity contribution in [3.05, 3.63) is 59.7 Å². The van der Waals surface area contributed by atoms with E-state index in [1.54, 1.807) is 30.5 Å². The fourth-order valence-electron chi connectivity index (χ4n) is 2.18. The van der Waals surface area contributed by atoms with Crippen LogP contribution >= 0.6 is 11.3 Å². The highest BCUT2D eigenvalue weighted by Gasteiger charge is 2.34. The van der Waals surface area contributed by atoms with Crippen molar-refractivity contribution < 1.29 is 17.9 Å². The number of rotatable bonds is 3. The molecule has 0 spiro atoms. The lowest BCUT2D eigenvalue weighted by molar-refractivity contribution is -0.140. The summed E-state index contributed by atoms with van der Waals surface area (Å²) in [5.41, 5.74) is -0.366. The van der Waals surface area contributed by atoms with Crippen LogP contribution in [0, 0.1) is 0 Å². The molecule has 25 heavy (non-hydrogen) atoms. The number of fused-ring (bicyclic) bond motifs is 1. The zero-order valence-electron chi connectivity index (χ0n) is 12.4. The molecular weight excluding hydrogens is 353 g/mol. The monoisotopic (exact) mass is 362 g/mol. The molecule has 3 heterocycles. The van der Waals surface area contributed by atoms with Gasteiger partial charge in [-0.1, -0.05) is 18.2 Å². The van der Waals surface area contributed by atoms with E-state index in [2.05, 4.69) is 15.1 Å². The number of hydrogen-bond acceptors (Lipinski definition) is 5. The minimum absolute atomic E-state index is 0.0649. The normalized spacial score (nSPS) is 11.8. The molecule has 3 aromatic heterocycles. The molecule has 0 saturated carbocycles. The average molecular weight is 362 g/mol. The smallest absolute Gasteiger partial charge is 0.434 e. The summed E-state index contributed by atoms with van der Waals surface area (Å²) >= 11 is 0.831. The van der Waals surface area contributed by atoms with Crippen LogP contribution in [0.5, 0.6) is 11.6 Å². The summed E-state index contributed by atoms with van der Waals surface area (Å²) in [7, 11) is 0. The minimum Gasteiger partial charge on any atom is -0.437 e. The molecule has 0 saturated heterocycles. The van der Waals surface area contributed by atoms with Crippen molar-refractivity contribution in [3.8, 4) is 22.5 Å². The van der Waals surface area contributed by atoms with E-state index in [0.717, 1.165) is 16.7 Å². The first-order valence-corrected chi connectivity index (χ1v) is 8.00. The average Bonchev–Trinajstić information content (AvgIpc) is 3.24. The van der Waals surface area contributed by atoms with Crippen LogP contribution in [-0.4, -0.2) is 19.6 Å². The Kier molecular flexibility index (Phi) is 3.65. The lowest BCUT2D eigenvalue weighted by Gasteiger charge is -2.07. The van der Waals surface area contributed by atoms with Gasteiger partial charge in [-0.05, 0) is 24.3 Å². The third kappa shape index (κ3) is 3.05. The number of halogens is 3. The molecule has 126 valence electrons. The Labute approximate surface area is 143 Å². The summed E-state index contributed by atoms with van der Waals surface area (Å²) in [5, 5.41) is 5.22. The van der Waals surface area contributed by atoms with Crippen molar-refractivity contribution in [3.63, 3.8) is 0 Å². The van der Waals surface area contributed by atoms with Crippen molar-refractivity contribution in [2.45, 2.75) is 6.18 Å². The Balaban J connectivity index is 1.79. The van der Waals surface area contributed by atoms with Crippen LogP contribution in [0.3, 0.4) is 0 Å². The molecule has 5 nitrogen and oxygen atoms in total. The molecule has 4 aromatic rings. The van der Waals surface area contributed by atoms with Crippen molar-refractivity contribution >= 4 is 16.9 Å². The lowest BCUT2D eigenvalue weighted by Crippen LogP contribution is -2.05. The van der Waals surface area contributed by atoms with Gasteiger partial charge in [0.25, 0.3) is 0 Å². The second kappa shape index (κ2) is 5.85. The van der Waals surface area contributed by atoms with E-state index in [4.69, 9.17) is 4.74 Å². The zero-order chi connectivity index (χ0) is 17.4. The summed E-state index contributed by atoms with van der Waals surface area (Å²) in [6, 6.07) is 12.5. The third-order valence-electron chi connectivity index (χ3n) is 3.30. The minimum atomic E-state index is -4.50. The number of ether oxygens (including phenoxy) is 1. The van der Waals surface area contributed by atoms with E-state index in [-0.39, 0.29) is 16.7 Å². The molecule has 0 unspecified atom stereocenters. The van der Waals surface area contributed by atoms with Crippen molar-refractivity contribution in [1.29, 1.82) is 0 Å². The van der Waals surface area contributed by atoms with Crippen LogP contribution < -0.4 is 4.74 Å². The number of thiazole rings is 1. The van der Waals surface area contributed by atoms with Crippen molar-refractivity contribution in [2.75, 3.05) is 0 Å². The predicted molar refractivity (Wildman–Crippen MR) is 85.6 cm³/mol. The molecule has 0 amide bonds. The largest absolute Gasteiger partial charge is 0.437 e. The molecule has 4 rings (SSSR count). The zero-order valence-corrected chi connectivity index (χ0v) is 13.3. The molecule has 0 fully saturated rings. The van der Waals surface area contributed by atoms with Crippen LogP contribution in [0.1, 0.15) is 5.69 Å². The molecular formula is C16H9F3N4OS. The summed E-state index contributed by atoms with van der Waals surface area (Å²) in [5.74, 6) is 0.866. The number of alkyl halides is 3. The Morgan fingerprint density at radius 2 is 1.80 bits per heavy atom. The van der Waals surface area contributed by atoms with Gasteiger partial charge in [-0.15, -0.1) is 16.4 Å². The second-order valence-electron chi connectivity index (χ2n) is 5.03. The van der Waals surface area contributed by atoms with Crippen LogP contribution in [0.2, 0.25) is 0 Å². The van der Waals surface area contributed by atoms with E-state index in [1.807, 2.05) is 18.2 Å². The molecule has 0 bridgehead atoms. The first kappa shape index (κ1) is 15.6. The Morgan fingerprint density at radius 1 is 1.00 bits per heavy atom. The Hall–Kier alpha value is -2.94. The molecule has 0 atom stereocenters. The van der Waals surface area contributed by atoms with E-state index in [9.17, 15) is 13.2 Å². The maximum Gasteiger partial charge on any atom is 0.434 e. The molecule has 9 heteroatoms. The van der Waals surface area contributed by atoms with Crippen LogP contribution in [-0.2, 0) is 6.18 Å². The van der Waals surface area contributed by atoms with Gasteiger partial charge in [-0.25, -0.2) is 9.50 Å². The summed E-state index contributed by atoms with van der Waals surface area (Å²) in [6.45, 7) is 0. The van der Waals surface area contributed by atoms with E-state index in [1.165, 1.54) is 4.52 Å². The highest BCUT2D eigenvalue weighted by atomic mass is 32.1. The molecule has 0 aliphatic rings. The molecule has 1 aromatic carbocycles. The van der Waals surface area contributed by atoms with Crippen LogP contribution in [0.25, 0.3) is 16.3 Å². The first-order chi connectivity index (χ1) is 12.0. The van der Waals surface area contributed by atoms with E-state index >= 15 is 0 Å². The molecule has 0 aliphatic carbocycles. The molecule has 0 aliphatic heterocycles. The maximum absolute atomic E-state index is 12.8. The van der Waals surface area contributed by atoms with Crippen LogP contribution in [0.15, 0.2) is 54.0 Å². The number of benzene rings is 1. The number of para-hydroxylation sites is 1. The quantitative estimate of drug-likeness (QED) is 0.532. The fourth-order valence-corrected chi connectivity index (χ4v) is 2.93. The summed E-state index contributed by atoms with van der Waals surface area (Å²) in [4.78, 5) is 7.85. The lowest BCUT2D eigenvalue weighted by atomic mass is 10.3. The van der Waals surface area contributed by atoms with Gasteiger partial charge < -0.3 is 4.74 Å². The van der Waals surface area contributed by atoms with E-state index < -0.39 is 11.9 Å². The third-order valence-corrected chi connectivity index (χ3v) is 4.14. The standard InChI is InChI=1S/C16H9F3N4OS/c17-16(18,19)12-9-25-15(20-12)13-21-14(11-7-4-8-23(11)22-13)24-10-5-2-1-3-6-10/h1-9H. The summed E-state index contributed by atoms with van der Waals surface area (Å²) < 4.78 is 45.5. The van der Waals surface area contributed by atoms with Gasteiger partial charge in [-0.3, -0.25) is 0 Å². The van der Waals surface area contributed by atoms with Gasteiger partial charge >= 0.3 is 6.18 Å². The fraction of sp³-hybridized carbons (Fsp3) is 0.0625. The molecule has 0 radical (unpaired) electrons. The topological polar surface area (TPSA) is 52.3 Å². The number of hydrogen-bond donors (Lipinski definition) is 0. The predicted octanol–water partition coefficient (Wildman–Crippen LogP) is 4.66. The van der Waals surface area contributed by atoms with Gasteiger partial charge in [0.15, 0.2) is 10.7 Å². The van der Waals surface area contributed by atoms with Gasteiger partial charge in [0.1, 0.15) is 11.3 Å². The van der Waals surface area contributed by atoms with Gasteiger partial charge in [-0.2, -0.15) is 18.2 Å². The highest BCUT2D eigenvalue weighted by molar-refractivity contribution is 7.13. The summed E-state index contributed by atoms with van der Waals surface area (Å²) in [6.07, 6.45) is -2.84. The van der Waals surface area contributed by atoms with E-state index in [0.29, 0.717) is 11.3 Å². The van der Waals surface area contributed by atoms with Gasteiger partial charge in [0, 0.05) is 11.6 Å². The maximum atomic E-state index is 12.8. The second-order valence-corrected chi connectivity index (χ2v) is 5.89. The Morgan fingerprint density at radius 3 is 2.52 bits per heavy atom. The van der Waals surface area contributed by atoms with Gasteiger partial charge in [0.2, 0.25) is 11.7 Å². The highest BCUT2D eigenvalue weighted by Crippen LogP contribution is 2.33. The number of aromatic nitrogens is 4. The Bertz CT molecular complexity index is 1030. The van der Waals surface area contributed by atoms with Crippen molar-refractivity contribution in [1.82, 2.24) is 19.6 Å². The van der Waals surface area contributed by atoms with Crippen LogP contribution in [0.4, 0.5) is 13.2 Å². The first-order valence-electron chi connectivity index (χ1n) is 7.12.